The highest BCUT2D eigenvalue weighted by atomic mass is 35.5. The fraction of sp³-hybridized carbons (Fsp3) is 0.647. The van der Waals surface area contributed by atoms with E-state index in [1.165, 1.54) is 0 Å². The van der Waals surface area contributed by atoms with Crippen LogP contribution in [0.25, 0.3) is 0 Å². The fourth-order valence-electron chi connectivity index (χ4n) is 2.85. The zero-order valence-electron chi connectivity index (χ0n) is 14.2. The summed E-state index contributed by atoms with van der Waals surface area (Å²) in [5.74, 6) is 1.45. The second kappa shape index (κ2) is 8.73. The third-order valence-electron chi connectivity index (χ3n) is 4.23. The topological polar surface area (TPSA) is 45.2 Å². The Morgan fingerprint density at radius 1 is 1.35 bits per heavy atom. The minimum absolute atomic E-state index is 0.171. The van der Waals surface area contributed by atoms with E-state index in [9.17, 15) is 5.11 Å². The van der Waals surface area contributed by atoms with Crippen molar-refractivity contribution >= 4 is 11.6 Å². The van der Waals surface area contributed by atoms with E-state index in [4.69, 9.17) is 21.1 Å². The Morgan fingerprint density at radius 2 is 2.13 bits per heavy atom. The van der Waals surface area contributed by atoms with Gasteiger partial charge in [-0.15, -0.1) is 0 Å². The summed E-state index contributed by atoms with van der Waals surface area (Å²) < 4.78 is 11.3. The van der Waals surface area contributed by atoms with E-state index in [-0.39, 0.29) is 12.6 Å². The predicted octanol–water partition coefficient (Wildman–Crippen LogP) is 2.25. The van der Waals surface area contributed by atoms with Gasteiger partial charge in [0.25, 0.3) is 0 Å². The predicted molar refractivity (Wildman–Crippen MR) is 92.6 cm³/mol. The summed E-state index contributed by atoms with van der Waals surface area (Å²) in [5, 5.41) is 10.2. The van der Waals surface area contributed by atoms with Crippen molar-refractivity contribution in [3.63, 3.8) is 0 Å². The molecule has 1 aromatic rings. The van der Waals surface area contributed by atoms with Crippen molar-refractivity contribution in [2.75, 3.05) is 47.0 Å². The molecule has 23 heavy (non-hydrogen) atoms. The first kappa shape index (κ1) is 18.3. The van der Waals surface area contributed by atoms with Crippen LogP contribution in [0.1, 0.15) is 18.9 Å². The van der Waals surface area contributed by atoms with E-state index in [1.54, 1.807) is 13.2 Å². The Hall–Kier alpha value is -1.01. The number of nitrogens with zero attached hydrogens (tertiary/aromatic N) is 2. The first-order chi connectivity index (χ1) is 11.1. The summed E-state index contributed by atoms with van der Waals surface area (Å²) in [7, 11) is 3.68. The molecule has 2 rings (SSSR count). The van der Waals surface area contributed by atoms with Crippen molar-refractivity contribution in [3.8, 4) is 11.5 Å². The van der Waals surface area contributed by atoms with Crippen molar-refractivity contribution in [1.82, 2.24) is 9.80 Å². The van der Waals surface area contributed by atoms with Crippen LogP contribution in [0.3, 0.4) is 0 Å². The van der Waals surface area contributed by atoms with Gasteiger partial charge >= 0.3 is 0 Å². The molecule has 1 N–H and O–H groups in total. The van der Waals surface area contributed by atoms with Gasteiger partial charge in [-0.05, 0) is 19.5 Å². The molecule has 0 radical (unpaired) electrons. The molecule has 0 spiro atoms. The van der Waals surface area contributed by atoms with Gasteiger partial charge in [-0.3, -0.25) is 9.80 Å². The van der Waals surface area contributed by atoms with Gasteiger partial charge in [0, 0.05) is 48.9 Å². The summed E-state index contributed by atoms with van der Waals surface area (Å²) in [6.45, 7) is 6.35. The first-order valence-corrected chi connectivity index (χ1v) is 8.49. The number of likely N-dealkylation sites (N-methyl/N-ethyl adjacent to an activating group) is 1. The van der Waals surface area contributed by atoms with Crippen LogP contribution in [0.4, 0.5) is 0 Å². The van der Waals surface area contributed by atoms with Crippen LogP contribution in [-0.2, 0) is 6.54 Å². The first-order valence-electron chi connectivity index (χ1n) is 8.11. The van der Waals surface area contributed by atoms with E-state index in [0.29, 0.717) is 17.4 Å². The zero-order chi connectivity index (χ0) is 16.8. The molecule has 1 aliphatic heterocycles. The molecule has 130 valence electrons. The fourth-order valence-corrected chi connectivity index (χ4v) is 3.08. The molecule has 0 saturated carbocycles. The lowest BCUT2D eigenvalue weighted by Gasteiger charge is -2.38. The summed E-state index contributed by atoms with van der Waals surface area (Å²) in [6.07, 6.45) is 0.937. The van der Waals surface area contributed by atoms with Gasteiger partial charge in [-0.1, -0.05) is 18.5 Å². The highest BCUT2D eigenvalue weighted by Crippen LogP contribution is 2.35. The third kappa shape index (κ3) is 4.73. The monoisotopic (exact) mass is 342 g/mol. The quantitative estimate of drug-likeness (QED) is 0.823. The number of hydrogen-bond donors (Lipinski definition) is 1. The molecule has 6 heteroatoms. The van der Waals surface area contributed by atoms with Gasteiger partial charge in [-0.2, -0.15) is 0 Å². The number of halogens is 1. The maximum atomic E-state index is 9.51. The molecule has 1 aliphatic rings. The van der Waals surface area contributed by atoms with Crippen LogP contribution in [0, 0.1) is 0 Å². The lowest BCUT2D eigenvalue weighted by Crippen LogP contribution is -2.52. The van der Waals surface area contributed by atoms with Gasteiger partial charge in [-0.25, -0.2) is 0 Å². The highest BCUT2D eigenvalue weighted by Gasteiger charge is 2.25. The highest BCUT2D eigenvalue weighted by molar-refractivity contribution is 6.30. The number of benzene rings is 1. The molecule has 0 aromatic heterocycles. The van der Waals surface area contributed by atoms with E-state index < -0.39 is 0 Å². The SMILES string of the molecule is CCCOc1c(CN2CCN(C)[C@H](CO)C2)cc(Cl)cc1OC. The Labute approximate surface area is 143 Å². The Bertz CT molecular complexity index is 513. The molecule has 1 atom stereocenters. The Kier molecular flexibility index (Phi) is 6.96. The van der Waals surface area contributed by atoms with Crippen molar-refractivity contribution in [1.29, 1.82) is 0 Å². The summed E-state index contributed by atoms with van der Waals surface area (Å²) >= 11 is 6.23. The lowest BCUT2D eigenvalue weighted by atomic mass is 10.1. The third-order valence-corrected chi connectivity index (χ3v) is 4.45. The van der Waals surface area contributed by atoms with Crippen LogP contribution in [0.15, 0.2) is 12.1 Å². The lowest BCUT2D eigenvalue weighted by molar-refractivity contribution is 0.0535. The maximum Gasteiger partial charge on any atom is 0.165 e. The van der Waals surface area contributed by atoms with Crippen molar-refractivity contribution in [2.45, 2.75) is 25.9 Å². The number of rotatable bonds is 7. The molecule has 0 bridgehead atoms. The largest absolute Gasteiger partial charge is 0.493 e. The molecule has 5 nitrogen and oxygen atoms in total. The molecule has 1 fully saturated rings. The normalized spacial score (nSPS) is 19.8. The summed E-state index contributed by atoms with van der Waals surface area (Å²) in [4.78, 5) is 4.52. The van der Waals surface area contributed by atoms with Crippen LogP contribution < -0.4 is 9.47 Å². The number of ether oxygens (including phenoxy) is 2. The molecule has 1 heterocycles. The summed E-state index contributed by atoms with van der Waals surface area (Å²) in [6, 6.07) is 3.91. The number of aliphatic hydroxyl groups is 1. The number of piperazine rings is 1. The molecule has 0 amide bonds. The number of aliphatic hydroxyl groups excluding tert-OH is 1. The Morgan fingerprint density at radius 3 is 2.78 bits per heavy atom. The van der Waals surface area contributed by atoms with Crippen LogP contribution in [0.2, 0.25) is 5.02 Å². The second-order valence-corrected chi connectivity index (χ2v) is 6.43. The minimum atomic E-state index is 0.171. The standard InChI is InChI=1S/C17H27ClN2O3/c1-4-7-23-17-13(8-14(18)9-16(17)22-3)10-20-6-5-19(2)15(11-20)12-21/h8-9,15,21H,4-7,10-12H2,1-3H3/t15-/m0/s1. The van der Waals surface area contributed by atoms with Crippen LogP contribution >= 0.6 is 11.6 Å². The molecule has 1 saturated heterocycles. The molecular formula is C17H27ClN2O3. The average Bonchev–Trinajstić information content (AvgIpc) is 2.55. The van der Waals surface area contributed by atoms with Crippen molar-refractivity contribution in [2.24, 2.45) is 0 Å². The summed E-state index contributed by atoms with van der Waals surface area (Å²) in [5.41, 5.74) is 1.03. The van der Waals surface area contributed by atoms with Gasteiger partial charge in [0.05, 0.1) is 20.3 Å². The number of methoxy groups -OCH3 is 1. The number of hydrogen-bond acceptors (Lipinski definition) is 5. The second-order valence-electron chi connectivity index (χ2n) is 6.00. The molecular weight excluding hydrogens is 316 g/mol. The van der Waals surface area contributed by atoms with E-state index in [0.717, 1.165) is 43.9 Å². The van der Waals surface area contributed by atoms with Gasteiger partial charge < -0.3 is 14.6 Å². The molecule has 0 unspecified atom stereocenters. The van der Waals surface area contributed by atoms with E-state index >= 15 is 0 Å². The Balaban J connectivity index is 2.19. The van der Waals surface area contributed by atoms with Crippen LogP contribution in [0.5, 0.6) is 11.5 Å². The average molecular weight is 343 g/mol. The molecule has 1 aromatic carbocycles. The molecule has 0 aliphatic carbocycles. The zero-order valence-corrected chi connectivity index (χ0v) is 15.0. The van der Waals surface area contributed by atoms with Crippen molar-refractivity contribution in [3.05, 3.63) is 22.7 Å². The van der Waals surface area contributed by atoms with Crippen molar-refractivity contribution < 1.29 is 14.6 Å². The van der Waals surface area contributed by atoms with Gasteiger partial charge in [0.2, 0.25) is 0 Å². The van der Waals surface area contributed by atoms with Gasteiger partial charge in [0.1, 0.15) is 0 Å². The van der Waals surface area contributed by atoms with Crippen LogP contribution in [-0.4, -0.2) is 68.0 Å². The van der Waals surface area contributed by atoms with E-state index in [2.05, 4.69) is 23.8 Å². The smallest absolute Gasteiger partial charge is 0.165 e. The van der Waals surface area contributed by atoms with E-state index in [1.807, 2.05) is 6.07 Å². The minimum Gasteiger partial charge on any atom is -0.493 e. The maximum absolute atomic E-state index is 9.51. The van der Waals surface area contributed by atoms with Gasteiger partial charge in [0.15, 0.2) is 11.5 Å².